The van der Waals surface area contributed by atoms with E-state index in [-0.39, 0.29) is 11.1 Å². The lowest BCUT2D eigenvalue weighted by Crippen LogP contribution is -2.61. The van der Waals surface area contributed by atoms with E-state index in [1.165, 1.54) is 7.11 Å². The van der Waals surface area contributed by atoms with Crippen LogP contribution in [-0.4, -0.2) is 76.4 Å². The SMILES string of the molecule is COC(=O)[C@H]1O[C@@H](Oc2c(O)cc(O)c3c(=O)cc(-c4ccc(OC)cc4)oc23)[C@H](O)[C@@H](O)[C@@H]1O. The molecule has 186 valence electrons. The fourth-order valence-corrected chi connectivity index (χ4v) is 3.66. The van der Waals surface area contributed by atoms with Crippen molar-refractivity contribution in [1.29, 1.82) is 0 Å². The summed E-state index contributed by atoms with van der Waals surface area (Å²) < 4.78 is 26.2. The number of hydrogen-bond acceptors (Lipinski definition) is 12. The van der Waals surface area contributed by atoms with E-state index >= 15 is 0 Å². The van der Waals surface area contributed by atoms with E-state index in [0.717, 1.165) is 19.2 Å². The monoisotopic (exact) mass is 490 g/mol. The lowest BCUT2D eigenvalue weighted by atomic mass is 9.99. The number of aliphatic hydroxyl groups excluding tert-OH is 3. The maximum absolute atomic E-state index is 12.8. The fourth-order valence-electron chi connectivity index (χ4n) is 3.66. The molecule has 0 radical (unpaired) electrons. The van der Waals surface area contributed by atoms with Crippen molar-refractivity contribution in [3.8, 4) is 34.3 Å². The molecule has 4 rings (SSSR count). The maximum atomic E-state index is 12.8. The van der Waals surface area contributed by atoms with Crippen molar-refractivity contribution in [2.45, 2.75) is 30.7 Å². The highest BCUT2D eigenvalue weighted by Crippen LogP contribution is 2.42. The average molecular weight is 490 g/mol. The second-order valence-electron chi connectivity index (χ2n) is 7.69. The molecule has 35 heavy (non-hydrogen) atoms. The summed E-state index contributed by atoms with van der Waals surface area (Å²) in [6.07, 6.45) is -9.14. The van der Waals surface area contributed by atoms with Crippen molar-refractivity contribution >= 4 is 16.9 Å². The third-order valence-electron chi connectivity index (χ3n) is 5.53. The van der Waals surface area contributed by atoms with E-state index in [9.17, 15) is 35.1 Å². The Balaban J connectivity index is 1.81. The molecule has 0 bridgehead atoms. The predicted molar refractivity (Wildman–Crippen MR) is 117 cm³/mol. The highest BCUT2D eigenvalue weighted by molar-refractivity contribution is 5.91. The minimum Gasteiger partial charge on any atom is -0.507 e. The molecule has 12 heteroatoms. The second kappa shape index (κ2) is 9.43. The molecule has 1 aliphatic heterocycles. The van der Waals surface area contributed by atoms with Crippen LogP contribution in [0.5, 0.6) is 23.0 Å². The van der Waals surface area contributed by atoms with Crippen molar-refractivity contribution in [2.24, 2.45) is 0 Å². The second-order valence-corrected chi connectivity index (χ2v) is 7.69. The summed E-state index contributed by atoms with van der Waals surface area (Å²) in [5, 5.41) is 50.9. The fraction of sp³-hybridized carbons (Fsp3) is 0.304. The van der Waals surface area contributed by atoms with Gasteiger partial charge in [0.25, 0.3) is 0 Å². The molecule has 0 amide bonds. The van der Waals surface area contributed by atoms with Crippen molar-refractivity contribution in [3.05, 3.63) is 46.6 Å². The number of methoxy groups -OCH3 is 2. The Kier molecular flexibility index (Phi) is 6.54. The normalized spacial score (nSPS) is 24.2. The Bertz CT molecular complexity index is 1300. The maximum Gasteiger partial charge on any atom is 0.337 e. The number of carbonyl (C=O) groups is 1. The van der Waals surface area contributed by atoms with Gasteiger partial charge >= 0.3 is 5.97 Å². The van der Waals surface area contributed by atoms with Gasteiger partial charge in [-0.1, -0.05) is 0 Å². The van der Waals surface area contributed by atoms with E-state index in [1.54, 1.807) is 24.3 Å². The number of aliphatic hydroxyl groups is 3. The third-order valence-corrected chi connectivity index (χ3v) is 5.53. The van der Waals surface area contributed by atoms with Crippen LogP contribution in [0.25, 0.3) is 22.3 Å². The van der Waals surface area contributed by atoms with Crippen LogP contribution in [0.2, 0.25) is 0 Å². The van der Waals surface area contributed by atoms with Crippen LogP contribution >= 0.6 is 0 Å². The van der Waals surface area contributed by atoms with Crippen LogP contribution in [0.3, 0.4) is 0 Å². The first kappa shape index (κ1) is 24.3. The van der Waals surface area contributed by atoms with Crippen LogP contribution in [0.4, 0.5) is 0 Å². The molecule has 1 saturated heterocycles. The van der Waals surface area contributed by atoms with Crippen LogP contribution in [0, 0.1) is 0 Å². The molecule has 3 aromatic rings. The number of aromatic hydroxyl groups is 2. The van der Waals surface area contributed by atoms with Gasteiger partial charge < -0.3 is 48.9 Å². The Morgan fingerprint density at radius 3 is 2.26 bits per heavy atom. The summed E-state index contributed by atoms with van der Waals surface area (Å²) in [6, 6.07) is 8.42. The topological polar surface area (TPSA) is 185 Å². The Labute approximate surface area is 197 Å². The zero-order valence-corrected chi connectivity index (χ0v) is 18.4. The van der Waals surface area contributed by atoms with Gasteiger partial charge in [0.1, 0.15) is 41.0 Å². The van der Waals surface area contributed by atoms with Crippen LogP contribution in [0.15, 0.2) is 45.6 Å². The van der Waals surface area contributed by atoms with Crippen LogP contribution in [-0.2, 0) is 14.3 Å². The molecule has 1 aromatic heterocycles. The van der Waals surface area contributed by atoms with Gasteiger partial charge in [0, 0.05) is 17.7 Å². The van der Waals surface area contributed by atoms with Gasteiger partial charge in [0.05, 0.1) is 14.2 Å². The number of rotatable bonds is 5. The molecular formula is C23H22O12. The number of benzene rings is 2. The van der Waals surface area contributed by atoms with E-state index < -0.39 is 64.9 Å². The van der Waals surface area contributed by atoms with E-state index in [1.807, 2.05) is 0 Å². The molecule has 5 N–H and O–H groups in total. The van der Waals surface area contributed by atoms with E-state index in [4.69, 9.17) is 18.6 Å². The molecule has 0 spiro atoms. The van der Waals surface area contributed by atoms with Gasteiger partial charge in [0.15, 0.2) is 22.9 Å². The number of hydrogen-bond donors (Lipinski definition) is 5. The lowest BCUT2D eigenvalue weighted by molar-refractivity contribution is -0.271. The van der Waals surface area contributed by atoms with Crippen molar-refractivity contribution in [1.82, 2.24) is 0 Å². The first-order valence-electron chi connectivity index (χ1n) is 10.3. The number of phenolic OH excluding ortho intramolecular Hbond substituents is 2. The number of carbonyl (C=O) groups excluding carboxylic acids is 1. The Morgan fingerprint density at radius 2 is 1.63 bits per heavy atom. The standard InChI is InChI=1S/C23H22O12/c1-31-10-5-3-9(4-6-10)14-8-12(25)15-11(24)7-13(26)19(20(15)33-14)34-23-18(29)16(27)17(28)21(35-23)22(30)32-2/h3-8,16-18,21,23-24,26-29H,1-2H3/t16-,17-,18+,21-,23+/m0/s1. The summed E-state index contributed by atoms with van der Waals surface area (Å²) in [4.78, 5) is 24.8. The summed E-state index contributed by atoms with van der Waals surface area (Å²) in [5.74, 6) is -2.27. The molecule has 0 unspecified atom stereocenters. The number of fused-ring (bicyclic) bond motifs is 1. The van der Waals surface area contributed by atoms with Gasteiger partial charge in [-0.2, -0.15) is 0 Å². The third kappa shape index (κ3) is 4.35. The van der Waals surface area contributed by atoms with Gasteiger partial charge in [-0.3, -0.25) is 4.79 Å². The molecule has 5 atom stereocenters. The summed E-state index contributed by atoms with van der Waals surface area (Å²) in [5.41, 5.74) is -0.615. The molecule has 12 nitrogen and oxygen atoms in total. The highest BCUT2D eigenvalue weighted by Gasteiger charge is 2.49. The van der Waals surface area contributed by atoms with E-state index in [0.29, 0.717) is 11.3 Å². The van der Waals surface area contributed by atoms with Crippen molar-refractivity contribution in [3.63, 3.8) is 0 Å². The van der Waals surface area contributed by atoms with Crippen molar-refractivity contribution in [2.75, 3.05) is 14.2 Å². The number of esters is 1. The molecule has 2 heterocycles. The Hall–Kier alpha value is -3.84. The number of phenols is 2. The molecule has 0 aliphatic carbocycles. The zero-order chi connectivity index (χ0) is 25.4. The minimum atomic E-state index is -1.88. The smallest absolute Gasteiger partial charge is 0.337 e. The van der Waals surface area contributed by atoms with Gasteiger partial charge in [-0.05, 0) is 24.3 Å². The number of ether oxygens (including phenoxy) is 4. The zero-order valence-electron chi connectivity index (χ0n) is 18.4. The highest BCUT2D eigenvalue weighted by atomic mass is 16.7. The molecule has 2 aromatic carbocycles. The average Bonchev–Trinajstić information content (AvgIpc) is 2.85. The molecule has 1 aliphatic rings. The lowest BCUT2D eigenvalue weighted by Gasteiger charge is -2.38. The first-order valence-corrected chi connectivity index (χ1v) is 10.3. The largest absolute Gasteiger partial charge is 0.507 e. The van der Waals surface area contributed by atoms with Gasteiger partial charge in [-0.25, -0.2) is 4.79 Å². The summed E-state index contributed by atoms with van der Waals surface area (Å²) in [6.45, 7) is 0. The van der Waals surface area contributed by atoms with Gasteiger partial charge in [0.2, 0.25) is 12.0 Å². The van der Waals surface area contributed by atoms with Crippen molar-refractivity contribution < 1.29 is 53.7 Å². The van der Waals surface area contributed by atoms with E-state index in [2.05, 4.69) is 4.74 Å². The summed E-state index contributed by atoms with van der Waals surface area (Å²) in [7, 11) is 2.52. The van der Waals surface area contributed by atoms with Crippen LogP contribution in [0.1, 0.15) is 0 Å². The summed E-state index contributed by atoms with van der Waals surface area (Å²) >= 11 is 0. The predicted octanol–water partition coefficient (Wildman–Crippen LogP) is 0.239. The molecule has 1 fully saturated rings. The Morgan fingerprint density at radius 1 is 0.943 bits per heavy atom. The minimum absolute atomic E-state index is 0.0491. The molecular weight excluding hydrogens is 468 g/mol. The molecule has 0 saturated carbocycles. The quantitative estimate of drug-likeness (QED) is 0.307. The first-order chi connectivity index (χ1) is 16.7. The van der Waals surface area contributed by atoms with Gasteiger partial charge in [-0.15, -0.1) is 0 Å². The van der Waals surface area contributed by atoms with Crippen LogP contribution < -0.4 is 14.9 Å².